The molecule has 0 amide bonds. The number of fused-ring (bicyclic) bond motifs is 5. The first-order valence-corrected chi connectivity index (χ1v) is 16.1. The summed E-state index contributed by atoms with van der Waals surface area (Å²) in [5, 5.41) is 65.8. The fraction of sp³-hybridized carbons (Fsp3) is 0.931. The molecule has 232 valence electrons. The van der Waals surface area contributed by atoms with Crippen molar-refractivity contribution >= 4 is 10.4 Å². The third-order valence-electron chi connectivity index (χ3n) is 12.2. The van der Waals surface area contributed by atoms with E-state index in [4.69, 9.17) is 4.55 Å². The van der Waals surface area contributed by atoms with Crippen molar-refractivity contribution in [3.05, 3.63) is 11.6 Å². The highest BCUT2D eigenvalue weighted by Crippen LogP contribution is 2.69. The predicted molar refractivity (Wildman–Crippen MR) is 147 cm³/mol. The number of allylic oxidation sites excluding steroid dienone is 1. The maximum absolute atomic E-state index is 11.7. The topological polar surface area (TPSA) is 185 Å². The van der Waals surface area contributed by atoms with Gasteiger partial charge in [-0.1, -0.05) is 33.8 Å². The van der Waals surface area contributed by atoms with Crippen LogP contribution in [0.4, 0.5) is 0 Å². The molecule has 0 bridgehead atoms. The van der Waals surface area contributed by atoms with Gasteiger partial charge in [0.1, 0.15) is 0 Å². The zero-order valence-electron chi connectivity index (χ0n) is 24.4. The van der Waals surface area contributed by atoms with Crippen molar-refractivity contribution in [2.24, 2.45) is 46.3 Å². The monoisotopic (exact) mass is 590 g/mol. The average Bonchev–Trinajstić information content (AvgIpc) is 3.13. The summed E-state index contributed by atoms with van der Waals surface area (Å²) in [6.45, 7) is 8.30. The first kappa shape index (κ1) is 32.3. The molecular formula is C29H50O10S. The maximum Gasteiger partial charge on any atom is 0.397 e. The first-order chi connectivity index (χ1) is 18.3. The zero-order valence-corrected chi connectivity index (χ0v) is 25.2. The van der Waals surface area contributed by atoms with Crippen LogP contribution in [0.25, 0.3) is 0 Å². The molecule has 4 saturated carbocycles. The Hall–Kier alpha value is -0.630. The molecule has 10 nitrogen and oxygen atoms in total. The number of aliphatic hydroxyl groups is 6. The fourth-order valence-corrected chi connectivity index (χ4v) is 10.1. The standard InChI is InChI=1S/C29H50O10S/c1-16(10-18(14-30)17(2)28(5,34)15-39-40(36,37)38)22-12-23(32)25-20-11-24(33)29(35)13-19(31)6-9-27(29,4)21(20)7-8-26(22,25)3/h10,16-17,19-25,30-35H,6-9,11-15H2,1-5H3,(H,36,37,38). The lowest BCUT2D eigenvalue weighted by Crippen LogP contribution is -2.69. The highest BCUT2D eigenvalue weighted by atomic mass is 32.3. The van der Waals surface area contributed by atoms with E-state index < -0.39 is 57.9 Å². The molecule has 13 unspecified atom stereocenters. The van der Waals surface area contributed by atoms with Gasteiger partial charge in [0.15, 0.2) is 0 Å². The summed E-state index contributed by atoms with van der Waals surface area (Å²) in [5.74, 6) is -0.636. The summed E-state index contributed by atoms with van der Waals surface area (Å²) in [7, 11) is -4.73. The molecule has 0 radical (unpaired) electrons. The zero-order chi connectivity index (χ0) is 30.1. The lowest BCUT2D eigenvalue weighted by atomic mass is 9.42. The Morgan fingerprint density at radius 3 is 2.38 bits per heavy atom. The Balaban J connectivity index is 1.58. The van der Waals surface area contributed by atoms with Crippen LogP contribution >= 0.6 is 0 Å². The Kier molecular flexibility index (Phi) is 8.73. The molecule has 13 atom stereocenters. The van der Waals surface area contributed by atoms with Gasteiger partial charge in [0.2, 0.25) is 0 Å². The van der Waals surface area contributed by atoms with E-state index in [-0.39, 0.29) is 48.0 Å². The van der Waals surface area contributed by atoms with Crippen LogP contribution in [0.15, 0.2) is 11.6 Å². The fourth-order valence-electron chi connectivity index (χ4n) is 9.70. The summed E-state index contributed by atoms with van der Waals surface area (Å²) in [4.78, 5) is 0. The second-order valence-corrected chi connectivity index (χ2v) is 15.4. The Morgan fingerprint density at radius 1 is 1.12 bits per heavy atom. The van der Waals surface area contributed by atoms with Crippen molar-refractivity contribution in [1.82, 2.24) is 0 Å². The highest BCUT2D eigenvalue weighted by molar-refractivity contribution is 7.80. The molecule has 7 N–H and O–H groups in total. The van der Waals surface area contributed by atoms with Gasteiger partial charge in [0.25, 0.3) is 0 Å². The van der Waals surface area contributed by atoms with Crippen molar-refractivity contribution in [2.75, 3.05) is 13.2 Å². The summed E-state index contributed by atoms with van der Waals surface area (Å²) in [6.07, 6.45) is 3.72. The Bertz CT molecular complexity index is 1080. The van der Waals surface area contributed by atoms with Crippen LogP contribution in [0.3, 0.4) is 0 Å². The molecule has 4 rings (SSSR count). The van der Waals surface area contributed by atoms with Crippen LogP contribution in [0.1, 0.15) is 79.6 Å². The summed E-state index contributed by atoms with van der Waals surface area (Å²) < 4.78 is 35.4. The molecule has 0 heterocycles. The molecular weight excluding hydrogens is 540 g/mol. The minimum Gasteiger partial charge on any atom is -0.393 e. The van der Waals surface area contributed by atoms with Gasteiger partial charge < -0.3 is 30.6 Å². The highest BCUT2D eigenvalue weighted by Gasteiger charge is 2.68. The van der Waals surface area contributed by atoms with Crippen LogP contribution in [0, 0.1) is 46.3 Å². The average molecular weight is 591 g/mol. The minimum atomic E-state index is -4.73. The van der Waals surface area contributed by atoms with Crippen LogP contribution in [-0.2, 0) is 14.6 Å². The maximum atomic E-state index is 11.7. The molecule has 11 heteroatoms. The molecule has 0 spiro atoms. The van der Waals surface area contributed by atoms with Gasteiger partial charge in [-0.3, -0.25) is 4.55 Å². The van der Waals surface area contributed by atoms with E-state index in [1.165, 1.54) is 6.92 Å². The van der Waals surface area contributed by atoms with E-state index >= 15 is 0 Å². The largest absolute Gasteiger partial charge is 0.397 e. The molecule has 0 saturated heterocycles. The van der Waals surface area contributed by atoms with Crippen LogP contribution in [0.5, 0.6) is 0 Å². The molecule has 0 aromatic rings. The second kappa shape index (κ2) is 10.8. The third-order valence-corrected chi connectivity index (χ3v) is 12.6. The van der Waals surface area contributed by atoms with Crippen molar-refractivity contribution in [3.8, 4) is 0 Å². The van der Waals surface area contributed by atoms with E-state index in [1.807, 2.05) is 13.0 Å². The number of hydrogen-bond donors (Lipinski definition) is 7. The van der Waals surface area contributed by atoms with Crippen molar-refractivity contribution in [3.63, 3.8) is 0 Å². The molecule has 40 heavy (non-hydrogen) atoms. The van der Waals surface area contributed by atoms with E-state index in [2.05, 4.69) is 18.0 Å². The van der Waals surface area contributed by atoms with E-state index in [1.54, 1.807) is 6.92 Å². The summed E-state index contributed by atoms with van der Waals surface area (Å²) in [6, 6.07) is 0. The Labute approximate surface area is 238 Å². The second-order valence-electron chi connectivity index (χ2n) is 14.3. The number of hydrogen-bond acceptors (Lipinski definition) is 9. The van der Waals surface area contributed by atoms with Gasteiger partial charge in [0, 0.05) is 17.8 Å². The molecule has 4 aliphatic carbocycles. The summed E-state index contributed by atoms with van der Waals surface area (Å²) >= 11 is 0. The van der Waals surface area contributed by atoms with Crippen LogP contribution < -0.4 is 0 Å². The predicted octanol–water partition coefficient (Wildman–Crippen LogP) is 1.82. The molecule has 4 aliphatic rings. The first-order valence-electron chi connectivity index (χ1n) is 14.7. The van der Waals surface area contributed by atoms with Crippen LogP contribution in [-0.4, -0.2) is 86.3 Å². The van der Waals surface area contributed by atoms with E-state index in [9.17, 15) is 39.1 Å². The smallest absolute Gasteiger partial charge is 0.393 e. The van der Waals surface area contributed by atoms with Gasteiger partial charge in [-0.15, -0.1) is 0 Å². The minimum absolute atomic E-state index is 0.0278. The Morgan fingerprint density at radius 2 is 1.77 bits per heavy atom. The van der Waals surface area contributed by atoms with Gasteiger partial charge in [-0.2, -0.15) is 8.42 Å². The SMILES string of the molecule is CC(C=C(CO)C(C)C(C)(O)COS(=O)(=O)O)C1CC(O)C2C3CC(O)C4(O)CC(O)CCC4(C)C3CCC12C. The van der Waals surface area contributed by atoms with Gasteiger partial charge in [-0.05, 0) is 86.0 Å². The molecule has 4 fully saturated rings. The molecule has 0 aromatic heterocycles. The summed E-state index contributed by atoms with van der Waals surface area (Å²) in [5.41, 5.74) is -3.31. The van der Waals surface area contributed by atoms with Crippen molar-refractivity contribution < 1.29 is 47.8 Å². The van der Waals surface area contributed by atoms with Gasteiger partial charge >= 0.3 is 10.4 Å². The lowest BCUT2D eigenvalue weighted by molar-refractivity contribution is -0.268. The van der Waals surface area contributed by atoms with Crippen molar-refractivity contribution in [2.45, 2.75) is 109 Å². The normalized spacial score (nSPS) is 47.0. The third kappa shape index (κ3) is 5.32. The molecule has 0 aromatic carbocycles. The van der Waals surface area contributed by atoms with E-state index in [0.29, 0.717) is 31.3 Å². The van der Waals surface area contributed by atoms with E-state index in [0.717, 1.165) is 12.8 Å². The number of aliphatic hydroxyl groups excluding tert-OH is 4. The lowest BCUT2D eigenvalue weighted by Gasteiger charge is -2.65. The van der Waals surface area contributed by atoms with Gasteiger partial charge in [-0.25, -0.2) is 4.18 Å². The van der Waals surface area contributed by atoms with Crippen molar-refractivity contribution in [1.29, 1.82) is 0 Å². The van der Waals surface area contributed by atoms with Gasteiger partial charge in [0.05, 0.1) is 42.7 Å². The number of rotatable bonds is 8. The molecule has 0 aliphatic heterocycles. The van der Waals surface area contributed by atoms with Crippen LogP contribution in [0.2, 0.25) is 0 Å². The quantitative estimate of drug-likeness (QED) is 0.162.